The third-order valence-corrected chi connectivity index (χ3v) is 13.3. The Kier molecular flexibility index (Phi) is 5.23. The monoisotopic (exact) mass is 458 g/mol. The summed E-state index contributed by atoms with van der Waals surface area (Å²) >= 11 is 0. The molecular weight excluding hydrogens is 408 g/mol. The lowest BCUT2D eigenvalue weighted by molar-refractivity contribution is -0.216. The number of fused-ring (bicyclic) bond motifs is 7. The van der Waals surface area contributed by atoms with E-state index in [4.69, 9.17) is 0 Å². The molecule has 0 amide bonds. The first-order valence-corrected chi connectivity index (χ1v) is 13.9. The molecule has 3 nitrogen and oxygen atoms in total. The Morgan fingerprint density at radius 2 is 1.52 bits per heavy atom. The largest absolute Gasteiger partial charge is 0.396 e. The molecule has 3 heteroatoms. The molecule has 5 aliphatic rings. The highest BCUT2D eigenvalue weighted by Gasteiger charge is 2.68. The van der Waals surface area contributed by atoms with Gasteiger partial charge in [-0.25, -0.2) is 0 Å². The molecule has 0 aromatic rings. The van der Waals surface area contributed by atoms with Gasteiger partial charge in [0, 0.05) is 5.41 Å². The molecule has 0 bridgehead atoms. The van der Waals surface area contributed by atoms with Crippen molar-refractivity contribution in [2.75, 3.05) is 6.61 Å². The lowest BCUT2D eigenvalue weighted by Gasteiger charge is -2.71. The van der Waals surface area contributed by atoms with Crippen LogP contribution in [0, 0.1) is 50.2 Å². The van der Waals surface area contributed by atoms with Gasteiger partial charge in [-0.05, 0) is 103 Å². The van der Waals surface area contributed by atoms with Crippen LogP contribution in [0.15, 0.2) is 11.6 Å². The fourth-order valence-corrected chi connectivity index (χ4v) is 10.6. The Hall–Kier alpha value is -0.380. The van der Waals surface area contributed by atoms with Crippen LogP contribution in [0.2, 0.25) is 0 Å². The SMILES string of the molecule is CC1(C)C[C@H]2C3=CCC4[C@@]5(C)CC[C@H](O)[C@](C)(CO)C5CC[C@@]4(C)[C@]3(C)CC[C@@]2(C)C[C@@H]1O. The maximum absolute atomic E-state index is 10.9. The first kappa shape index (κ1) is 24.3. The maximum atomic E-state index is 10.9. The Balaban J connectivity index is 1.57. The third-order valence-electron chi connectivity index (χ3n) is 13.3. The van der Waals surface area contributed by atoms with Crippen LogP contribution >= 0.6 is 0 Å². The predicted octanol–water partition coefficient (Wildman–Crippen LogP) is 6.11. The van der Waals surface area contributed by atoms with E-state index in [1.165, 1.54) is 19.3 Å². The van der Waals surface area contributed by atoms with Gasteiger partial charge in [0.2, 0.25) is 0 Å². The van der Waals surface area contributed by atoms with E-state index < -0.39 is 0 Å². The van der Waals surface area contributed by atoms with Crippen molar-refractivity contribution < 1.29 is 15.3 Å². The van der Waals surface area contributed by atoms with E-state index in [2.05, 4.69) is 54.5 Å². The maximum Gasteiger partial charge on any atom is 0.0618 e. The molecule has 4 saturated carbocycles. The molecule has 5 rings (SSSR count). The summed E-state index contributed by atoms with van der Waals surface area (Å²) in [4.78, 5) is 0. The summed E-state index contributed by atoms with van der Waals surface area (Å²) in [5.74, 6) is 1.56. The summed E-state index contributed by atoms with van der Waals surface area (Å²) in [5, 5.41) is 32.3. The number of aliphatic hydroxyl groups excluding tert-OH is 3. The standard InChI is InChI=1S/C30H50O3/c1-25(2)16-20-19-8-9-22-27(4)12-11-23(32)28(5,18-31)21(27)10-13-30(22,7)29(19,6)15-14-26(20,3)17-24(25)33/h8,20-24,31-33H,9-18H2,1-7H3/t20-,21?,22?,23-,24-,26-,27-,28+,29+,30+/m0/s1. The molecular formula is C30H50O3. The van der Waals surface area contributed by atoms with Crippen LogP contribution in [0.4, 0.5) is 0 Å². The lowest BCUT2D eigenvalue weighted by atomic mass is 9.33. The Morgan fingerprint density at radius 1 is 0.818 bits per heavy atom. The van der Waals surface area contributed by atoms with E-state index >= 15 is 0 Å². The van der Waals surface area contributed by atoms with E-state index in [9.17, 15) is 15.3 Å². The zero-order valence-electron chi connectivity index (χ0n) is 22.4. The highest BCUT2D eigenvalue weighted by Crippen LogP contribution is 2.75. The van der Waals surface area contributed by atoms with Gasteiger partial charge in [-0.15, -0.1) is 0 Å². The number of aliphatic hydroxyl groups is 3. The first-order chi connectivity index (χ1) is 15.2. The van der Waals surface area contributed by atoms with Crippen molar-refractivity contribution >= 4 is 0 Å². The van der Waals surface area contributed by atoms with Crippen LogP contribution in [0.3, 0.4) is 0 Å². The van der Waals surface area contributed by atoms with Crippen molar-refractivity contribution in [2.24, 2.45) is 50.2 Å². The molecule has 10 atom stereocenters. The number of hydrogen-bond donors (Lipinski definition) is 3. The molecule has 4 fully saturated rings. The molecule has 188 valence electrons. The van der Waals surface area contributed by atoms with Crippen LogP contribution in [0.1, 0.15) is 106 Å². The van der Waals surface area contributed by atoms with Gasteiger partial charge in [0.15, 0.2) is 0 Å². The van der Waals surface area contributed by atoms with Crippen molar-refractivity contribution in [1.82, 2.24) is 0 Å². The van der Waals surface area contributed by atoms with Crippen molar-refractivity contribution in [3.63, 3.8) is 0 Å². The smallest absolute Gasteiger partial charge is 0.0618 e. The second-order valence-electron chi connectivity index (χ2n) is 15.1. The molecule has 0 saturated heterocycles. The second-order valence-corrected chi connectivity index (χ2v) is 15.1. The number of rotatable bonds is 1. The van der Waals surface area contributed by atoms with Crippen LogP contribution in [0.5, 0.6) is 0 Å². The Morgan fingerprint density at radius 3 is 2.18 bits per heavy atom. The molecule has 0 spiro atoms. The normalized spacial score (nSPS) is 57.8. The Bertz CT molecular complexity index is 847. The van der Waals surface area contributed by atoms with Crippen molar-refractivity contribution in [2.45, 2.75) is 118 Å². The van der Waals surface area contributed by atoms with Gasteiger partial charge in [0.25, 0.3) is 0 Å². The van der Waals surface area contributed by atoms with E-state index in [0.717, 1.165) is 38.5 Å². The molecule has 0 aromatic heterocycles. The van der Waals surface area contributed by atoms with E-state index in [1.807, 2.05) is 0 Å². The lowest BCUT2D eigenvalue weighted by Crippen LogP contribution is -2.65. The first-order valence-electron chi connectivity index (χ1n) is 13.9. The van der Waals surface area contributed by atoms with Gasteiger partial charge in [0.1, 0.15) is 0 Å². The molecule has 3 N–H and O–H groups in total. The van der Waals surface area contributed by atoms with Gasteiger partial charge < -0.3 is 15.3 Å². The molecule has 0 heterocycles. The van der Waals surface area contributed by atoms with E-state index in [0.29, 0.717) is 17.8 Å². The van der Waals surface area contributed by atoms with Gasteiger partial charge in [-0.3, -0.25) is 0 Å². The minimum Gasteiger partial charge on any atom is -0.396 e. The summed E-state index contributed by atoms with van der Waals surface area (Å²) in [7, 11) is 0. The number of hydrogen-bond acceptors (Lipinski definition) is 3. The van der Waals surface area contributed by atoms with Crippen LogP contribution in [-0.2, 0) is 0 Å². The summed E-state index contributed by atoms with van der Waals surface area (Å²) in [6.45, 7) is 16.9. The molecule has 0 aromatic carbocycles. The minimum absolute atomic E-state index is 0.0207. The quantitative estimate of drug-likeness (QED) is 0.415. The third kappa shape index (κ3) is 2.91. The topological polar surface area (TPSA) is 60.7 Å². The van der Waals surface area contributed by atoms with Crippen LogP contribution < -0.4 is 0 Å². The average molecular weight is 459 g/mol. The molecule has 5 aliphatic carbocycles. The van der Waals surface area contributed by atoms with E-state index in [-0.39, 0.29) is 51.3 Å². The molecule has 0 radical (unpaired) electrons. The van der Waals surface area contributed by atoms with Crippen LogP contribution in [0.25, 0.3) is 0 Å². The Labute approximate surface area is 202 Å². The van der Waals surface area contributed by atoms with Gasteiger partial charge in [0.05, 0.1) is 18.8 Å². The zero-order valence-corrected chi connectivity index (χ0v) is 22.4. The fraction of sp³-hybridized carbons (Fsp3) is 0.933. The summed E-state index contributed by atoms with van der Waals surface area (Å²) in [6.07, 6.45) is 11.9. The van der Waals surface area contributed by atoms with Gasteiger partial charge in [-0.1, -0.05) is 60.1 Å². The number of allylic oxidation sites excluding steroid dienone is 2. The minimum atomic E-state index is -0.388. The molecule has 0 aliphatic heterocycles. The van der Waals surface area contributed by atoms with Crippen molar-refractivity contribution in [1.29, 1.82) is 0 Å². The highest BCUT2D eigenvalue weighted by atomic mass is 16.3. The second kappa shape index (κ2) is 7.10. The van der Waals surface area contributed by atoms with Crippen molar-refractivity contribution in [3.05, 3.63) is 11.6 Å². The average Bonchev–Trinajstić information content (AvgIpc) is 2.73. The van der Waals surface area contributed by atoms with Gasteiger partial charge in [-0.2, -0.15) is 0 Å². The molecule has 33 heavy (non-hydrogen) atoms. The zero-order chi connectivity index (χ0) is 24.2. The van der Waals surface area contributed by atoms with Gasteiger partial charge >= 0.3 is 0 Å². The highest BCUT2D eigenvalue weighted by molar-refractivity contribution is 5.33. The summed E-state index contributed by atoms with van der Waals surface area (Å²) < 4.78 is 0. The summed E-state index contributed by atoms with van der Waals surface area (Å²) in [5.41, 5.74) is 2.16. The van der Waals surface area contributed by atoms with Crippen LogP contribution in [-0.4, -0.2) is 34.1 Å². The van der Waals surface area contributed by atoms with E-state index in [1.54, 1.807) is 5.57 Å². The van der Waals surface area contributed by atoms with Crippen molar-refractivity contribution in [3.8, 4) is 0 Å². The fourth-order valence-electron chi connectivity index (χ4n) is 10.6. The predicted molar refractivity (Wildman–Crippen MR) is 134 cm³/mol. The summed E-state index contributed by atoms with van der Waals surface area (Å²) in [6, 6.07) is 0. The molecule has 2 unspecified atom stereocenters.